The molecule has 5 rings (SSSR count). The van der Waals surface area contributed by atoms with Crippen molar-refractivity contribution in [3.8, 4) is 0 Å². The number of aliphatic hydroxyl groups is 2. The highest BCUT2D eigenvalue weighted by Gasteiger charge is 2.64. The zero-order chi connectivity index (χ0) is 28.9. The summed E-state index contributed by atoms with van der Waals surface area (Å²) in [4.78, 5) is 12.2. The zero-order valence-electron chi connectivity index (χ0n) is 24.0. The number of amides is 1. The molecular formula is C31H46ClNO6S. The lowest BCUT2D eigenvalue weighted by molar-refractivity contribution is -0.202. The van der Waals surface area contributed by atoms with Gasteiger partial charge in [0.25, 0.3) is 10.0 Å². The van der Waals surface area contributed by atoms with Crippen molar-refractivity contribution in [3.05, 3.63) is 29.3 Å². The normalized spacial score (nSPS) is 41.0. The molecule has 9 heteroatoms. The molecule has 4 fully saturated rings. The van der Waals surface area contributed by atoms with E-state index in [9.17, 15) is 23.4 Å². The first-order valence-electron chi connectivity index (χ1n) is 15.2. The van der Waals surface area contributed by atoms with E-state index in [2.05, 4.69) is 20.8 Å². The molecule has 3 N–H and O–H groups in total. The summed E-state index contributed by atoms with van der Waals surface area (Å²) in [6.45, 7) is 7.24. The van der Waals surface area contributed by atoms with E-state index >= 15 is 0 Å². The van der Waals surface area contributed by atoms with Gasteiger partial charge in [-0.1, -0.05) is 38.8 Å². The maximum Gasteiger partial charge on any atom is 0.421 e. The van der Waals surface area contributed by atoms with Crippen LogP contribution in [0.2, 0.25) is 5.02 Å². The van der Waals surface area contributed by atoms with Crippen LogP contribution in [0.5, 0.6) is 0 Å². The van der Waals surface area contributed by atoms with Crippen molar-refractivity contribution in [2.75, 3.05) is 6.61 Å². The molecule has 0 aromatic heterocycles. The molecule has 10 atom stereocenters. The van der Waals surface area contributed by atoms with Crippen molar-refractivity contribution in [3.63, 3.8) is 0 Å². The highest BCUT2D eigenvalue weighted by Crippen LogP contribution is 2.69. The number of halogens is 1. The van der Waals surface area contributed by atoms with Crippen LogP contribution in [0.25, 0.3) is 0 Å². The van der Waals surface area contributed by atoms with Crippen LogP contribution in [-0.2, 0) is 14.8 Å². The number of ether oxygens (including phenoxy) is 1. The molecule has 1 amide bonds. The minimum absolute atomic E-state index is 0.0471. The Hall–Kier alpha value is -1.35. The quantitative estimate of drug-likeness (QED) is 0.325. The molecule has 0 saturated heterocycles. The summed E-state index contributed by atoms with van der Waals surface area (Å²) >= 11 is 5.82. The second-order valence-corrected chi connectivity index (χ2v) is 15.7. The average Bonchev–Trinajstić information content (AvgIpc) is 3.24. The number of nitrogens with one attached hydrogen (secondary N) is 1. The summed E-state index contributed by atoms with van der Waals surface area (Å²) in [6, 6.07) is 5.59. The summed E-state index contributed by atoms with van der Waals surface area (Å²) in [5.74, 6) is 2.44. The van der Waals surface area contributed by atoms with Crippen LogP contribution >= 0.6 is 11.6 Å². The average molecular weight is 596 g/mol. The van der Waals surface area contributed by atoms with Gasteiger partial charge in [0.1, 0.15) is 0 Å². The van der Waals surface area contributed by atoms with Crippen molar-refractivity contribution in [1.82, 2.24) is 4.72 Å². The van der Waals surface area contributed by atoms with E-state index in [1.165, 1.54) is 24.3 Å². The predicted molar refractivity (Wildman–Crippen MR) is 154 cm³/mol. The van der Waals surface area contributed by atoms with Gasteiger partial charge in [0.15, 0.2) is 0 Å². The number of benzene rings is 1. The number of carbonyl (C=O) groups is 1. The third kappa shape index (κ3) is 5.31. The number of sulfonamides is 1. The maximum atomic E-state index is 12.4. The Morgan fingerprint density at radius 1 is 1.02 bits per heavy atom. The van der Waals surface area contributed by atoms with Gasteiger partial charge in [0.2, 0.25) is 0 Å². The van der Waals surface area contributed by atoms with Gasteiger partial charge < -0.3 is 14.9 Å². The molecule has 0 spiro atoms. The Morgan fingerprint density at radius 2 is 1.70 bits per heavy atom. The molecule has 4 aliphatic rings. The number of rotatable bonds is 7. The first-order valence-corrected chi connectivity index (χ1v) is 17.1. The SMILES string of the molecule is CC[C@H]1[C@@H](O)[C@@H]2[C@H](CC[C@]3(C)[C@@H](CCCOC(=O)NS(=O)(=O)c4ccc(Cl)cc4)CC[C@@H]23)[C@@]2(C)CC[C@@H](O)C[C@@H]12. The van der Waals surface area contributed by atoms with E-state index in [0.29, 0.717) is 41.0 Å². The second kappa shape index (κ2) is 11.4. The summed E-state index contributed by atoms with van der Waals surface area (Å²) in [5.41, 5.74) is 0.342. The molecule has 4 saturated carbocycles. The molecule has 0 radical (unpaired) electrons. The first kappa shape index (κ1) is 30.1. The maximum absolute atomic E-state index is 12.4. The Bertz CT molecular complexity index is 1180. The van der Waals surface area contributed by atoms with Crippen molar-refractivity contribution in [1.29, 1.82) is 0 Å². The van der Waals surface area contributed by atoms with E-state index in [1.54, 1.807) is 0 Å². The third-order valence-corrected chi connectivity index (χ3v) is 13.4. The number of carbonyl (C=O) groups excluding carboxylic acids is 1. The smallest absolute Gasteiger partial charge is 0.421 e. The van der Waals surface area contributed by atoms with Gasteiger partial charge in [-0.2, -0.15) is 0 Å². The van der Waals surface area contributed by atoms with Crippen LogP contribution in [0.3, 0.4) is 0 Å². The van der Waals surface area contributed by atoms with Gasteiger partial charge in [-0.3, -0.25) is 0 Å². The summed E-state index contributed by atoms with van der Waals surface area (Å²) < 4.78 is 32.1. The Kier molecular flexibility index (Phi) is 8.57. The molecule has 224 valence electrons. The molecule has 0 heterocycles. The van der Waals surface area contributed by atoms with E-state index in [1.807, 2.05) is 4.72 Å². The Balaban J connectivity index is 1.18. The molecule has 0 bridgehead atoms. The summed E-state index contributed by atoms with van der Waals surface area (Å²) in [7, 11) is -4.02. The van der Waals surface area contributed by atoms with Crippen LogP contribution in [0, 0.1) is 46.3 Å². The van der Waals surface area contributed by atoms with Crippen LogP contribution in [-0.4, -0.2) is 43.5 Å². The summed E-state index contributed by atoms with van der Waals surface area (Å²) in [6.07, 6.45) is 8.32. The number of fused-ring (bicyclic) bond motifs is 5. The zero-order valence-corrected chi connectivity index (χ0v) is 25.6. The fraction of sp³-hybridized carbons (Fsp3) is 0.774. The molecule has 0 aliphatic heterocycles. The topological polar surface area (TPSA) is 113 Å². The van der Waals surface area contributed by atoms with Gasteiger partial charge in [-0.05, 0) is 128 Å². The summed E-state index contributed by atoms with van der Waals surface area (Å²) in [5, 5.41) is 22.7. The van der Waals surface area contributed by atoms with Gasteiger partial charge >= 0.3 is 6.09 Å². The molecule has 1 aromatic rings. The van der Waals surface area contributed by atoms with Crippen molar-refractivity contribution >= 4 is 27.7 Å². The largest absolute Gasteiger partial charge is 0.449 e. The Labute approximate surface area is 244 Å². The van der Waals surface area contributed by atoms with Crippen molar-refractivity contribution in [2.24, 2.45) is 46.3 Å². The monoisotopic (exact) mass is 595 g/mol. The van der Waals surface area contributed by atoms with Crippen LogP contribution < -0.4 is 4.72 Å². The Morgan fingerprint density at radius 3 is 2.40 bits per heavy atom. The molecule has 40 heavy (non-hydrogen) atoms. The fourth-order valence-electron chi connectivity index (χ4n) is 9.85. The van der Waals surface area contributed by atoms with Gasteiger partial charge in [-0.15, -0.1) is 0 Å². The number of hydrogen-bond acceptors (Lipinski definition) is 6. The molecule has 7 nitrogen and oxygen atoms in total. The van der Waals surface area contributed by atoms with Crippen LogP contribution in [0.4, 0.5) is 4.79 Å². The second-order valence-electron chi connectivity index (χ2n) is 13.5. The third-order valence-electron chi connectivity index (χ3n) is 11.9. The van der Waals surface area contributed by atoms with E-state index < -0.39 is 16.1 Å². The molecular weight excluding hydrogens is 550 g/mol. The van der Waals surface area contributed by atoms with Gasteiger partial charge in [0.05, 0.1) is 23.7 Å². The van der Waals surface area contributed by atoms with E-state index in [4.69, 9.17) is 16.3 Å². The lowest BCUT2D eigenvalue weighted by atomic mass is 9.41. The van der Waals surface area contributed by atoms with E-state index in [-0.39, 0.29) is 40.5 Å². The highest BCUT2D eigenvalue weighted by molar-refractivity contribution is 7.90. The van der Waals surface area contributed by atoms with E-state index in [0.717, 1.165) is 57.8 Å². The fourth-order valence-corrected chi connectivity index (χ4v) is 10.9. The lowest BCUT2D eigenvalue weighted by Crippen LogP contribution is -2.62. The van der Waals surface area contributed by atoms with Crippen LogP contribution in [0.15, 0.2) is 29.2 Å². The van der Waals surface area contributed by atoms with Crippen molar-refractivity contribution in [2.45, 2.75) is 102 Å². The number of aliphatic hydroxyl groups excluding tert-OH is 2. The van der Waals surface area contributed by atoms with Crippen LogP contribution in [0.1, 0.15) is 85.0 Å². The highest BCUT2D eigenvalue weighted by atomic mass is 35.5. The lowest BCUT2D eigenvalue weighted by Gasteiger charge is -2.64. The first-order chi connectivity index (χ1) is 18.9. The predicted octanol–water partition coefficient (Wildman–Crippen LogP) is 6.16. The minimum Gasteiger partial charge on any atom is -0.449 e. The number of hydrogen-bond donors (Lipinski definition) is 3. The molecule has 1 aromatic carbocycles. The molecule has 0 unspecified atom stereocenters. The van der Waals surface area contributed by atoms with Gasteiger partial charge in [-0.25, -0.2) is 17.9 Å². The minimum atomic E-state index is -4.02. The standard InChI is InChI=1S/C31H46ClNO6S/c1-4-23-26-18-21(34)13-15-31(26,3)25-14-16-30(2)19(7-12-24(30)27(25)28(23)35)6-5-17-39-29(36)33-40(37,38)22-10-8-20(32)9-11-22/h8-11,19,21,23-28,34-35H,4-7,12-18H2,1-3H3,(H,33,36)/t19-,21+,23+,24-,25-,26-,27-,28+,30+,31+/m0/s1. The van der Waals surface area contributed by atoms with Gasteiger partial charge in [0, 0.05) is 5.02 Å². The molecule has 4 aliphatic carbocycles. The van der Waals surface area contributed by atoms with Crippen molar-refractivity contribution < 1.29 is 28.2 Å².